The van der Waals surface area contributed by atoms with E-state index in [4.69, 9.17) is 0 Å². The van der Waals surface area contributed by atoms with Crippen molar-refractivity contribution in [2.75, 3.05) is 16.3 Å². The van der Waals surface area contributed by atoms with Gasteiger partial charge in [-0.1, -0.05) is 36.4 Å². The highest BCUT2D eigenvalue weighted by molar-refractivity contribution is 6.06. The maximum absolute atomic E-state index is 13.1. The zero-order chi connectivity index (χ0) is 18.4. The molecule has 0 saturated carbocycles. The number of aromatic nitrogens is 2. The standard InChI is InChI=1S/C22H20N4O/c1-15-14-17-7-3-5-9-20(17)26(15)22-23-12-10-18(24-22)21(27)25-13-11-16-6-2-4-8-19(16)25/h2-10,12,15H,11,13-14H2,1H3. The monoisotopic (exact) mass is 356 g/mol. The number of para-hydroxylation sites is 2. The Morgan fingerprint density at radius 2 is 1.74 bits per heavy atom. The molecule has 3 heterocycles. The largest absolute Gasteiger partial charge is 0.307 e. The zero-order valence-electron chi connectivity index (χ0n) is 15.2. The number of fused-ring (bicyclic) bond motifs is 2. The van der Waals surface area contributed by atoms with Gasteiger partial charge >= 0.3 is 0 Å². The molecule has 2 aromatic carbocycles. The molecule has 2 aliphatic heterocycles. The van der Waals surface area contributed by atoms with Crippen molar-refractivity contribution in [3.63, 3.8) is 0 Å². The van der Waals surface area contributed by atoms with E-state index in [-0.39, 0.29) is 11.9 Å². The second-order valence-electron chi connectivity index (χ2n) is 7.13. The summed E-state index contributed by atoms with van der Waals surface area (Å²) in [6, 6.07) is 18.4. The first-order valence-electron chi connectivity index (χ1n) is 9.32. The van der Waals surface area contributed by atoms with Gasteiger partial charge in [0, 0.05) is 30.2 Å². The van der Waals surface area contributed by atoms with Crippen LogP contribution in [-0.2, 0) is 12.8 Å². The smallest absolute Gasteiger partial charge is 0.277 e. The summed E-state index contributed by atoms with van der Waals surface area (Å²) in [5.74, 6) is 0.523. The van der Waals surface area contributed by atoms with Gasteiger partial charge in [-0.05, 0) is 49.1 Å². The number of amides is 1. The first kappa shape index (κ1) is 16.0. The first-order valence-corrected chi connectivity index (χ1v) is 9.32. The number of rotatable bonds is 2. The second kappa shape index (κ2) is 6.20. The molecule has 1 aromatic heterocycles. The van der Waals surface area contributed by atoms with E-state index < -0.39 is 0 Å². The number of carbonyl (C=O) groups excluding carboxylic acids is 1. The lowest BCUT2D eigenvalue weighted by atomic mass is 10.1. The molecule has 0 radical (unpaired) electrons. The Bertz CT molecular complexity index is 1030. The summed E-state index contributed by atoms with van der Waals surface area (Å²) in [7, 11) is 0. The van der Waals surface area contributed by atoms with E-state index in [1.54, 1.807) is 12.3 Å². The predicted molar refractivity (Wildman–Crippen MR) is 106 cm³/mol. The normalized spacial score (nSPS) is 17.7. The zero-order valence-corrected chi connectivity index (χ0v) is 15.2. The molecule has 134 valence electrons. The molecule has 1 atom stereocenters. The van der Waals surface area contributed by atoms with E-state index in [0.717, 1.165) is 24.2 Å². The Labute approximate surface area is 158 Å². The molecular formula is C22H20N4O. The van der Waals surface area contributed by atoms with Crippen molar-refractivity contribution in [2.24, 2.45) is 0 Å². The van der Waals surface area contributed by atoms with E-state index in [1.807, 2.05) is 29.2 Å². The van der Waals surface area contributed by atoms with E-state index in [9.17, 15) is 4.79 Å². The van der Waals surface area contributed by atoms with Crippen LogP contribution < -0.4 is 9.80 Å². The molecule has 0 fully saturated rings. The van der Waals surface area contributed by atoms with Crippen LogP contribution in [-0.4, -0.2) is 28.5 Å². The first-order chi connectivity index (χ1) is 13.2. The van der Waals surface area contributed by atoms with Crippen molar-refractivity contribution >= 4 is 23.2 Å². The predicted octanol–water partition coefficient (Wildman–Crippen LogP) is 3.76. The third kappa shape index (κ3) is 2.58. The van der Waals surface area contributed by atoms with Crippen LogP contribution in [0.25, 0.3) is 0 Å². The maximum Gasteiger partial charge on any atom is 0.277 e. The van der Waals surface area contributed by atoms with Crippen LogP contribution in [0.4, 0.5) is 17.3 Å². The molecular weight excluding hydrogens is 336 g/mol. The summed E-state index contributed by atoms with van der Waals surface area (Å²) < 4.78 is 0. The minimum atomic E-state index is -0.0660. The molecule has 3 aromatic rings. The average Bonchev–Trinajstić information content (AvgIpc) is 3.27. The molecule has 0 N–H and O–H groups in total. The van der Waals surface area contributed by atoms with Gasteiger partial charge in [0.25, 0.3) is 5.91 Å². The highest BCUT2D eigenvalue weighted by Gasteiger charge is 2.30. The van der Waals surface area contributed by atoms with Crippen LogP contribution >= 0.6 is 0 Å². The molecule has 5 rings (SSSR count). The highest BCUT2D eigenvalue weighted by Crippen LogP contribution is 2.36. The third-order valence-corrected chi connectivity index (χ3v) is 5.42. The highest BCUT2D eigenvalue weighted by atomic mass is 16.2. The average molecular weight is 356 g/mol. The Kier molecular flexibility index (Phi) is 3.67. The third-order valence-electron chi connectivity index (χ3n) is 5.42. The number of benzene rings is 2. The van der Waals surface area contributed by atoms with Gasteiger partial charge in [0.1, 0.15) is 5.69 Å². The van der Waals surface area contributed by atoms with Crippen molar-refractivity contribution in [3.05, 3.63) is 77.6 Å². The van der Waals surface area contributed by atoms with Crippen molar-refractivity contribution in [1.82, 2.24) is 9.97 Å². The lowest BCUT2D eigenvalue weighted by Gasteiger charge is -2.23. The van der Waals surface area contributed by atoms with Gasteiger partial charge in [-0.15, -0.1) is 0 Å². The quantitative estimate of drug-likeness (QED) is 0.701. The number of hydrogen-bond donors (Lipinski definition) is 0. The van der Waals surface area contributed by atoms with Crippen LogP contribution in [0.2, 0.25) is 0 Å². The molecule has 0 saturated heterocycles. The van der Waals surface area contributed by atoms with Gasteiger partial charge in [0.05, 0.1) is 0 Å². The fraction of sp³-hybridized carbons (Fsp3) is 0.227. The lowest BCUT2D eigenvalue weighted by Crippen LogP contribution is -2.31. The van der Waals surface area contributed by atoms with Crippen LogP contribution in [0.1, 0.15) is 28.5 Å². The van der Waals surface area contributed by atoms with E-state index in [0.29, 0.717) is 18.2 Å². The Hall–Kier alpha value is -3.21. The van der Waals surface area contributed by atoms with Crippen molar-refractivity contribution in [1.29, 1.82) is 0 Å². The van der Waals surface area contributed by atoms with Gasteiger partial charge in [0.2, 0.25) is 5.95 Å². The summed E-state index contributed by atoms with van der Waals surface area (Å²) in [6.07, 6.45) is 3.53. The molecule has 0 bridgehead atoms. The van der Waals surface area contributed by atoms with Gasteiger partial charge in [0.15, 0.2) is 0 Å². The molecule has 2 aliphatic rings. The summed E-state index contributed by atoms with van der Waals surface area (Å²) in [4.78, 5) is 26.2. The van der Waals surface area contributed by atoms with Gasteiger partial charge < -0.3 is 9.80 Å². The topological polar surface area (TPSA) is 49.3 Å². The Balaban J connectivity index is 1.49. The fourth-order valence-corrected chi connectivity index (χ4v) is 4.14. The fourth-order valence-electron chi connectivity index (χ4n) is 4.14. The summed E-state index contributed by atoms with van der Waals surface area (Å²) in [5, 5.41) is 0. The van der Waals surface area contributed by atoms with Gasteiger partial charge in [-0.25, -0.2) is 9.97 Å². The summed E-state index contributed by atoms with van der Waals surface area (Å²) >= 11 is 0. The van der Waals surface area contributed by atoms with Crippen molar-refractivity contribution < 1.29 is 4.79 Å². The van der Waals surface area contributed by atoms with E-state index in [2.05, 4.69) is 46.1 Å². The van der Waals surface area contributed by atoms with Crippen LogP contribution in [0, 0.1) is 0 Å². The molecule has 0 aliphatic carbocycles. The summed E-state index contributed by atoms with van der Waals surface area (Å²) in [5.41, 5.74) is 5.05. The second-order valence-corrected chi connectivity index (χ2v) is 7.13. The van der Waals surface area contributed by atoms with E-state index in [1.165, 1.54) is 11.1 Å². The molecule has 1 unspecified atom stereocenters. The van der Waals surface area contributed by atoms with Gasteiger partial charge in [-0.3, -0.25) is 4.79 Å². The van der Waals surface area contributed by atoms with Crippen molar-refractivity contribution in [2.45, 2.75) is 25.8 Å². The van der Waals surface area contributed by atoms with Crippen LogP contribution in [0.5, 0.6) is 0 Å². The van der Waals surface area contributed by atoms with Crippen LogP contribution in [0.15, 0.2) is 60.8 Å². The molecule has 5 nitrogen and oxygen atoms in total. The number of anilines is 3. The summed E-state index contributed by atoms with van der Waals surface area (Å²) in [6.45, 7) is 2.86. The molecule has 0 spiro atoms. The minimum Gasteiger partial charge on any atom is -0.307 e. The number of hydrogen-bond acceptors (Lipinski definition) is 4. The molecule has 5 heteroatoms. The minimum absolute atomic E-state index is 0.0660. The van der Waals surface area contributed by atoms with Crippen molar-refractivity contribution in [3.8, 4) is 0 Å². The van der Waals surface area contributed by atoms with E-state index >= 15 is 0 Å². The maximum atomic E-state index is 13.1. The molecule has 1 amide bonds. The molecule has 27 heavy (non-hydrogen) atoms. The number of carbonyl (C=O) groups is 1. The number of nitrogens with zero attached hydrogens (tertiary/aromatic N) is 4. The van der Waals surface area contributed by atoms with Gasteiger partial charge in [-0.2, -0.15) is 0 Å². The SMILES string of the molecule is CC1Cc2ccccc2N1c1nccc(C(=O)N2CCc3ccccc32)n1. The lowest BCUT2D eigenvalue weighted by molar-refractivity contribution is 0.0984. The van der Waals surface area contributed by atoms with Crippen LogP contribution in [0.3, 0.4) is 0 Å². The Morgan fingerprint density at radius 3 is 2.59 bits per heavy atom. The Morgan fingerprint density at radius 1 is 1.00 bits per heavy atom.